The number of carbonyl (C=O) groups excluding carboxylic acids is 1. The molecule has 1 N–H and O–H groups in total. The molecule has 106 valence electrons. The molecule has 0 aliphatic heterocycles. The molecule has 2 rings (SSSR count). The Labute approximate surface area is 123 Å². The van der Waals surface area contributed by atoms with Gasteiger partial charge in [-0.05, 0) is 37.6 Å². The molecule has 0 radical (unpaired) electrons. The highest BCUT2D eigenvalue weighted by Gasteiger charge is 2.15. The van der Waals surface area contributed by atoms with Crippen LogP contribution < -0.4 is 5.32 Å². The van der Waals surface area contributed by atoms with Gasteiger partial charge in [-0.15, -0.1) is 11.3 Å². The predicted octanol–water partition coefficient (Wildman–Crippen LogP) is 3.16. The smallest absolute Gasteiger partial charge is 0.254 e. The normalized spacial score (nSPS) is 10.3. The van der Waals surface area contributed by atoms with Crippen LogP contribution >= 0.6 is 11.3 Å². The van der Waals surface area contributed by atoms with E-state index in [4.69, 9.17) is 0 Å². The molecule has 0 fully saturated rings. The number of aryl methyl sites for hydroxylation is 1. The minimum Gasteiger partial charge on any atom is -0.385 e. The molecule has 4 nitrogen and oxygen atoms in total. The van der Waals surface area contributed by atoms with E-state index in [1.54, 1.807) is 28.8 Å². The van der Waals surface area contributed by atoms with Crippen molar-refractivity contribution in [2.24, 2.45) is 0 Å². The molecule has 1 aromatic carbocycles. The third-order valence-corrected chi connectivity index (χ3v) is 3.70. The largest absolute Gasteiger partial charge is 0.385 e. The summed E-state index contributed by atoms with van der Waals surface area (Å²) in [5.41, 5.74) is 5.48. The Morgan fingerprint density at radius 3 is 2.85 bits per heavy atom. The quantitative estimate of drug-likeness (QED) is 0.919. The molecule has 0 saturated heterocycles. The van der Waals surface area contributed by atoms with Crippen LogP contribution in [-0.2, 0) is 6.54 Å². The lowest BCUT2D eigenvalue weighted by Gasteiger charge is -2.18. The van der Waals surface area contributed by atoms with Gasteiger partial charge in [0, 0.05) is 30.2 Å². The summed E-state index contributed by atoms with van der Waals surface area (Å²) in [5.74, 6) is 0.0264. The van der Waals surface area contributed by atoms with Crippen molar-refractivity contribution >= 4 is 22.9 Å². The van der Waals surface area contributed by atoms with Crippen LogP contribution in [0, 0.1) is 6.92 Å². The Balaban J connectivity index is 2.12. The van der Waals surface area contributed by atoms with Gasteiger partial charge in [0.25, 0.3) is 5.91 Å². The summed E-state index contributed by atoms with van der Waals surface area (Å²) in [6.07, 6.45) is 0. The summed E-state index contributed by atoms with van der Waals surface area (Å²) in [5, 5.41) is 5.21. The molecular formula is C15H19N3OS. The Morgan fingerprint density at radius 1 is 1.45 bits per heavy atom. The SMILES string of the molecule is CCNc1ccc(C(=O)N(C)Cc2cscn2)c(C)c1. The summed E-state index contributed by atoms with van der Waals surface area (Å²) in [6, 6.07) is 5.83. The summed E-state index contributed by atoms with van der Waals surface area (Å²) >= 11 is 1.54. The lowest BCUT2D eigenvalue weighted by molar-refractivity contribution is 0.0783. The first-order valence-electron chi connectivity index (χ1n) is 6.59. The number of anilines is 1. The van der Waals surface area contributed by atoms with Crippen molar-refractivity contribution in [2.45, 2.75) is 20.4 Å². The van der Waals surface area contributed by atoms with E-state index >= 15 is 0 Å². The van der Waals surface area contributed by atoms with E-state index < -0.39 is 0 Å². The number of carbonyl (C=O) groups is 1. The predicted molar refractivity (Wildman–Crippen MR) is 83.3 cm³/mol. The number of aromatic nitrogens is 1. The standard InChI is InChI=1S/C15H19N3OS/c1-4-16-12-5-6-14(11(2)7-12)15(19)18(3)8-13-9-20-10-17-13/h5-7,9-10,16H,4,8H2,1-3H3. The van der Waals surface area contributed by atoms with E-state index in [1.807, 2.05) is 30.5 Å². The third-order valence-electron chi connectivity index (χ3n) is 3.07. The number of hydrogen-bond donors (Lipinski definition) is 1. The first-order chi connectivity index (χ1) is 9.61. The molecule has 0 aliphatic carbocycles. The van der Waals surface area contributed by atoms with E-state index in [1.165, 1.54) is 0 Å². The highest BCUT2D eigenvalue weighted by atomic mass is 32.1. The van der Waals surface area contributed by atoms with Crippen LogP contribution in [0.5, 0.6) is 0 Å². The summed E-state index contributed by atoms with van der Waals surface area (Å²) in [4.78, 5) is 18.3. The average Bonchev–Trinajstić information content (AvgIpc) is 2.91. The second kappa shape index (κ2) is 6.52. The van der Waals surface area contributed by atoms with Gasteiger partial charge in [-0.1, -0.05) is 0 Å². The van der Waals surface area contributed by atoms with Crippen LogP contribution in [0.25, 0.3) is 0 Å². The zero-order valence-corrected chi connectivity index (χ0v) is 12.8. The summed E-state index contributed by atoms with van der Waals surface area (Å²) in [6.45, 7) is 5.42. The first-order valence-corrected chi connectivity index (χ1v) is 7.53. The van der Waals surface area contributed by atoms with Crippen LogP contribution in [-0.4, -0.2) is 29.4 Å². The van der Waals surface area contributed by atoms with Gasteiger partial charge in [-0.3, -0.25) is 4.79 Å². The van der Waals surface area contributed by atoms with Gasteiger partial charge < -0.3 is 10.2 Å². The van der Waals surface area contributed by atoms with Gasteiger partial charge >= 0.3 is 0 Å². The van der Waals surface area contributed by atoms with Crippen molar-refractivity contribution < 1.29 is 4.79 Å². The second-order valence-electron chi connectivity index (χ2n) is 4.70. The van der Waals surface area contributed by atoms with Gasteiger partial charge in [0.15, 0.2) is 0 Å². The molecule has 1 amide bonds. The Hall–Kier alpha value is -1.88. The van der Waals surface area contributed by atoms with Crippen LogP contribution in [0.4, 0.5) is 5.69 Å². The molecule has 1 heterocycles. The van der Waals surface area contributed by atoms with E-state index in [0.717, 1.165) is 29.1 Å². The third kappa shape index (κ3) is 3.36. The van der Waals surface area contributed by atoms with Gasteiger partial charge in [0.1, 0.15) is 0 Å². The number of rotatable bonds is 5. The number of nitrogens with one attached hydrogen (secondary N) is 1. The van der Waals surface area contributed by atoms with Crippen molar-refractivity contribution in [2.75, 3.05) is 18.9 Å². The topological polar surface area (TPSA) is 45.2 Å². The number of thiazole rings is 1. The first kappa shape index (κ1) is 14.5. The maximum absolute atomic E-state index is 12.4. The lowest BCUT2D eigenvalue weighted by Crippen LogP contribution is -2.27. The minimum atomic E-state index is 0.0264. The van der Waals surface area contributed by atoms with Crippen molar-refractivity contribution in [3.8, 4) is 0 Å². The van der Waals surface area contributed by atoms with E-state index in [-0.39, 0.29) is 5.91 Å². The molecule has 20 heavy (non-hydrogen) atoms. The lowest BCUT2D eigenvalue weighted by atomic mass is 10.1. The maximum Gasteiger partial charge on any atom is 0.254 e. The highest BCUT2D eigenvalue weighted by molar-refractivity contribution is 7.07. The summed E-state index contributed by atoms with van der Waals surface area (Å²) in [7, 11) is 1.80. The molecular weight excluding hydrogens is 270 g/mol. The van der Waals surface area contributed by atoms with Crippen molar-refractivity contribution in [3.05, 3.63) is 45.9 Å². The molecule has 0 saturated carbocycles. The molecule has 0 unspecified atom stereocenters. The zero-order chi connectivity index (χ0) is 14.5. The molecule has 0 bridgehead atoms. The Bertz CT molecular complexity index is 581. The van der Waals surface area contributed by atoms with E-state index in [2.05, 4.69) is 17.2 Å². The maximum atomic E-state index is 12.4. The molecule has 0 atom stereocenters. The fourth-order valence-corrected chi connectivity index (χ4v) is 2.60. The van der Waals surface area contributed by atoms with Gasteiger partial charge in [-0.25, -0.2) is 4.98 Å². The van der Waals surface area contributed by atoms with Gasteiger partial charge in [-0.2, -0.15) is 0 Å². The molecule has 1 aromatic heterocycles. The summed E-state index contributed by atoms with van der Waals surface area (Å²) < 4.78 is 0. The minimum absolute atomic E-state index is 0.0264. The molecule has 2 aromatic rings. The Morgan fingerprint density at radius 2 is 2.25 bits per heavy atom. The number of nitrogens with zero attached hydrogens (tertiary/aromatic N) is 2. The van der Waals surface area contributed by atoms with Crippen LogP contribution in [0.3, 0.4) is 0 Å². The number of benzene rings is 1. The van der Waals surface area contributed by atoms with Crippen molar-refractivity contribution in [3.63, 3.8) is 0 Å². The van der Waals surface area contributed by atoms with Crippen LogP contribution in [0.2, 0.25) is 0 Å². The van der Waals surface area contributed by atoms with E-state index in [9.17, 15) is 4.79 Å². The highest BCUT2D eigenvalue weighted by Crippen LogP contribution is 2.17. The Kier molecular flexibility index (Phi) is 4.74. The average molecular weight is 289 g/mol. The van der Waals surface area contributed by atoms with Crippen molar-refractivity contribution in [1.29, 1.82) is 0 Å². The second-order valence-corrected chi connectivity index (χ2v) is 5.42. The zero-order valence-electron chi connectivity index (χ0n) is 12.0. The monoisotopic (exact) mass is 289 g/mol. The van der Waals surface area contributed by atoms with Crippen LogP contribution in [0.15, 0.2) is 29.1 Å². The van der Waals surface area contributed by atoms with E-state index in [0.29, 0.717) is 6.54 Å². The number of amides is 1. The van der Waals surface area contributed by atoms with Gasteiger partial charge in [0.2, 0.25) is 0 Å². The fraction of sp³-hybridized carbons (Fsp3) is 0.333. The molecule has 0 spiro atoms. The van der Waals surface area contributed by atoms with Gasteiger partial charge in [0.05, 0.1) is 17.7 Å². The fourth-order valence-electron chi connectivity index (χ4n) is 2.05. The molecule has 0 aliphatic rings. The molecule has 5 heteroatoms. The number of hydrogen-bond acceptors (Lipinski definition) is 4. The van der Waals surface area contributed by atoms with Crippen LogP contribution in [0.1, 0.15) is 28.5 Å². The van der Waals surface area contributed by atoms with Crippen molar-refractivity contribution in [1.82, 2.24) is 9.88 Å².